The molecule has 0 aliphatic carbocycles. The number of ether oxygens (including phenoxy) is 4. The van der Waals surface area contributed by atoms with E-state index in [-0.39, 0.29) is 30.2 Å². The van der Waals surface area contributed by atoms with Crippen LogP contribution in [-0.4, -0.2) is 34.6 Å². The Morgan fingerprint density at radius 1 is 0.329 bits per heavy atom. The highest BCUT2D eigenvalue weighted by molar-refractivity contribution is 5.71. The maximum absolute atomic E-state index is 10.8. The molecule has 0 radical (unpaired) electrons. The topological polar surface area (TPSA) is 77.4 Å². The molecular weight excluding hydrogens is 865 g/mol. The molecule has 0 saturated heterocycles. The largest absolute Gasteiger partial charge is 0.508 e. The highest BCUT2D eigenvalue weighted by Gasteiger charge is 2.20. The van der Waals surface area contributed by atoms with Crippen LogP contribution in [0.4, 0.5) is 0 Å². The molecule has 8 aromatic carbocycles. The highest BCUT2D eigenvalue weighted by Crippen LogP contribution is 2.34. The zero-order valence-corrected chi connectivity index (χ0v) is 42.0. The SMILES string of the molecule is CC(Cc1cccc(O)c1CC(C)Oc1ccccc1-c1ccccc1)Oc1ccccc1-c1ccccc1.Cc1cccc(OC(C)Cc2cccc(O)c2CC(C)Oc2cccc(C)c2C)c1C. The quantitative estimate of drug-likeness (QED) is 0.0893. The Labute approximate surface area is 416 Å². The van der Waals surface area contributed by atoms with Crippen molar-refractivity contribution in [2.24, 2.45) is 0 Å². The van der Waals surface area contributed by atoms with Crippen molar-refractivity contribution in [3.8, 4) is 56.8 Å². The lowest BCUT2D eigenvalue weighted by molar-refractivity contribution is 0.213. The van der Waals surface area contributed by atoms with Crippen LogP contribution in [0.15, 0.2) is 182 Å². The molecule has 2 N–H and O–H groups in total. The summed E-state index contributed by atoms with van der Waals surface area (Å²) in [5.74, 6) is 4.11. The summed E-state index contributed by atoms with van der Waals surface area (Å²) in [6.45, 7) is 16.6. The molecule has 0 amide bonds. The Kier molecular flexibility index (Phi) is 17.4. The Hall–Kier alpha value is -7.44. The molecule has 0 heterocycles. The molecule has 0 spiro atoms. The van der Waals surface area contributed by atoms with Crippen molar-refractivity contribution in [1.29, 1.82) is 0 Å². The lowest BCUT2D eigenvalue weighted by Gasteiger charge is -2.22. The predicted molar refractivity (Wildman–Crippen MR) is 287 cm³/mol. The molecule has 0 saturated carbocycles. The second-order valence-electron chi connectivity index (χ2n) is 18.5. The van der Waals surface area contributed by atoms with Gasteiger partial charge < -0.3 is 29.2 Å². The summed E-state index contributed by atoms with van der Waals surface area (Å²) in [6, 6.07) is 60.5. The summed E-state index contributed by atoms with van der Waals surface area (Å²) in [7, 11) is 0. The first kappa shape index (κ1) is 50.4. The zero-order chi connectivity index (χ0) is 49.6. The normalized spacial score (nSPS) is 12.7. The Bertz CT molecular complexity index is 2930. The number of aromatic hydroxyl groups is 2. The monoisotopic (exact) mass is 933 g/mol. The summed E-state index contributed by atoms with van der Waals surface area (Å²) in [5.41, 5.74) is 13.1. The average molecular weight is 933 g/mol. The second kappa shape index (κ2) is 24.2. The smallest absolute Gasteiger partial charge is 0.127 e. The molecule has 0 aliphatic rings. The second-order valence-corrected chi connectivity index (χ2v) is 18.5. The molecule has 8 aromatic rings. The number of hydrogen-bond acceptors (Lipinski definition) is 6. The van der Waals surface area contributed by atoms with Gasteiger partial charge in [-0.1, -0.05) is 146 Å². The third kappa shape index (κ3) is 13.4. The van der Waals surface area contributed by atoms with E-state index < -0.39 is 0 Å². The van der Waals surface area contributed by atoms with Gasteiger partial charge in [0.05, 0.1) is 12.2 Å². The van der Waals surface area contributed by atoms with Crippen LogP contribution in [0.3, 0.4) is 0 Å². The predicted octanol–water partition coefficient (Wildman–Crippen LogP) is 15.4. The molecule has 0 fully saturated rings. The number of phenolic OH excluding ortho intramolecular Hbond substituents is 2. The van der Waals surface area contributed by atoms with Gasteiger partial charge in [-0.2, -0.15) is 0 Å². The highest BCUT2D eigenvalue weighted by atomic mass is 16.5. The first-order valence-corrected chi connectivity index (χ1v) is 24.5. The third-order valence-corrected chi connectivity index (χ3v) is 12.9. The number of rotatable bonds is 18. The minimum Gasteiger partial charge on any atom is -0.508 e. The number of benzene rings is 8. The number of para-hydroxylation sites is 2. The molecule has 6 heteroatoms. The van der Waals surface area contributed by atoms with Crippen molar-refractivity contribution in [1.82, 2.24) is 0 Å². The van der Waals surface area contributed by atoms with E-state index in [4.69, 9.17) is 18.9 Å². The van der Waals surface area contributed by atoms with E-state index in [2.05, 4.69) is 102 Å². The van der Waals surface area contributed by atoms with Gasteiger partial charge in [0.15, 0.2) is 0 Å². The van der Waals surface area contributed by atoms with Crippen LogP contribution in [0.2, 0.25) is 0 Å². The van der Waals surface area contributed by atoms with Gasteiger partial charge in [-0.15, -0.1) is 0 Å². The van der Waals surface area contributed by atoms with Crippen molar-refractivity contribution < 1.29 is 29.2 Å². The van der Waals surface area contributed by atoms with Crippen LogP contribution in [0.1, 0.15) is 72.2 Å². The average Bonchev–Trinajstić information content (AvgIpc) is 3.35. The molecular formula is C64H68O6. The van der Waals surface area contributed by atoms with Gasteiger partial charge in [-0.05, 0) is 136 Å². The summed E-state index contributed by atoms with van der Waals surface area (Å²) in [6.07, 6.45) is 2.28. The third-order valence-electron chi connectivity index (χ3n) is 12.9. The maximum Gasteiger partial charge on any atom is 0.127 e. The number of hydrogen-bond donors (Lipinski definition) is 2. The maximum atomic E-state index is 10.8. The number of aryl methyl sites for hydroxylation is 2. The zero-order valence-electron chi connectivity index (χ0n) is 42.0. The molecule has 0 aliphatic heterocycles. The van der Waals surface area contributed by atoms with E-state index in [1.165, 1.54) is 16.7 Å². The van der Waals surface area contributed by atoms with E-state index >= 15 is 0 Å². The van der Waals surface area contributed by atoms with Gasteiger partial charge in [0.25, 0.3) is 0 Å². The van der Waals surface area contributed by atoms with Gasteiger partial charge in [0, 0.05) is 47.9 Å². The fourth-order valence-corrected chi connectivity index (χ4v) is 8.88. The molecule has 70 heavy (non-hydrogen) atoms. The van der Waals surface area contributed by atoms with Crippen molar-refractivity contribution in [3.05, 3.63) is 226 Å². The van der Waals surface area contributed by atoms with Crippen LogP contribution in [0, 0.1) is 27.7 Å². The fraction of sp³-hybridized carbons (Fsp3) is 0.250. The van der Waals surface area contributed by atoms with Crippen molar-refractivity contribution in [2.75, 3.05) is 0 Å². The molecule has 0 aromatic heterocycles. The lowest BCUT2D eigenvalue weighted by atomic mass is 9.96. The van der Waals surface area contributed by atoms with Crippen LogP contribution < -0.4 is 18.9 Å². The fourth-order valence-electron chi connectivity index (χ4n) is 8.88. The summed E-state index contributed by atoms with van der Waals surface area (Å²) in [4.78, 5) is 0. The number of phenols is 2. The first-order valence-electron chi connectivity index (χ1n) is 24.5. The Balaban J connectivity index is 0.000000212. The van der Waals surface area contributed by atoms with Crippen molar-refractivity contribution in [3.63, 3.8) is 0 Å². The van der Waals surface area contributed by atoms with Crippen LogP contribution >= 0.6 is 0 Å². The summed E-state index contributed by atoms with van der Waals surface area (Å²) < 4.78 is 25.4. The molecule has 8 rings (SSSR count). The molecule has 360 valence electrons. The Morgan fingerprint density at radius 2 is 0.643 bits per heavy atom. The van der Waals surface area contributed by atoms with E-state index in [0.29, 0.717) is 31.4 Å². The molecule has 0 bridgehead atoms. The van der Waals surface area contributed by atoms with Crippen LogP contribution in [-0.2, 0) is 25.7 Å². The minimum absolute atomic E-state index is 0.0173. The van der Waals surface area contributed by atoms with Crippen LogP contribution in [0.5, 0.6) is 34.5 Å². The van der Waals surface area contributed by atoms with E-state index in [1.54, 1.807) is 12.1 Å². The van der Waals surface area contributed by atoms with Crippen molar-refractivity contribution in [2.45, 2.75) is 105 Å². The van der Waals surface area contributed by atoms with E-state index in [1.807, 2.05) is 123 Å². The van der Waals surface area contributed by atoms with Gasteiger partial charge in [0.1, 0.15) is 46.7 Å². The van der Waals surface area contributed by atoms with Gasteiger partial charge in [0.2, 0.25) is 0 Å². The van der Waals surface area contributed by atoms with Gasteiger partial charge >= 0.3 is 0 Å². The Morgan fingerprint density at radius 3 is 1.04 bits per heavy atom. The molecule has 4 atom stereocenters. The van der Waals surface area contributed by atoms with Gasteiger partial charge in [-0.3, -0.25) is 0 Å². The lowest BCUT2D eigenvalue weighted by Crippen LogP contribution is -2.20. The van der Waals surface area contributed by atoms with Crippen LogP contribution in [0.25, 0.3) is 22.3 Å². The van der Waals surface area contributed by atoms with Crippen molar-refractivity contribution >= 4 is 0 Å². The molecule has 4 unspecified atom stereocenters. The van der Waals surface area contributed by atoms with E-state index in [0.717, 1.165) is 73.1 Å². The summed E-state index contributed by atoms with van der Waals surface area (Å²) in [5, 5.41) is 21.4. The van der Waals surface area contributed by atoms with Gasteiger partial charge in [-0.25, -0.2) is 0 Å². The standard InChI is InChI=1S/C36H34O3.C28H34O3/c1-26(38-35-22-11-9-19-31(35)28-14-5-3-6-15-28)24-30-18-13-21-34(37)33(30)25-27(2)39-36-23-12-10-20-32(36)29-16-7-4-8-17-29;1-18-10-7-14-27(22(18)5)30-20(3)16-24-12-9-13-26(29)25(24)17-21(4)31-28-15-8-11-19(2)23(28)6/h3-23,26-27,37H,24-25H2,1-2H3;7-15,20-21,29H,16-17H2,1-6H3. The minimum atomic E-state index is -0.142. The summed E-state index contributed by atoms with van der Waals surface area (Å²) >= 11 is 0. The molecule has 6 nitrogen and oxygen atoms in total. The first-order chi connectivity index (χ1) is 33.8. The van der Waals surface area contributed by atoms with E-state index in [9.17, 15) is 10.2 Å².